The first-order chi connectivity index (χ1) is 7.63. The highest BCUT2D eigenvalue weighted by Gasteiger charge is 2.03. The predicted octanol–water partition coefficient (Wildman–Crippen LogP) is 4.70. The minimum atomic E-state index is 0.761. The van der Waals surface area contributed by atoms with E-state index in [1.54, 1.807) is 0 Å². The molecular weight excluding hydrogens is 264 g/mol. The Morgan fingerprint density at radius 2 is 2.06 bits per heavy atom. The van der Waals surface area contributed by atoms with Crippen LogP contribution < -0.4 is 4.74 Å². The van der Waals surface area contributed by atoms with E-state index in [0.717, 1.165) is 30.0 Å². The Kier molecular flexibility index (Phi) is 5.89. The molecule has 0 aliphatic carbocycles. The van der Waals surface area contributed by atoms with Crippen LogP contribution >= 0.6 is 15.9 Å². The molecule has 0 radical (unpaired) electrons. The summed E-state index contributed by atoms with van der Waals surface area (Å²) in [4.78, 5) is 0. The number of halogens is 1. The van der Waals surface area contributed by atoms with Gasteiger partial charge in [0.2, 0.25) is 0 Å². The van der Waals surface area contributed by atoms with Gasteiger partial charge >= 0.3 is 0 Å². The molecule has 0 saturated carbocycles. The summed E-state index contributed by atoms with van der Waals surface area (Å²) >= 11 is 3.49. The summed E-state index contributed by atoms with van der Waals surface area (Å²) in [5, 5.41) is 0.855. The molecule has 0 bridgehead atoms. The lowest BCUT2D eigenvalue weighted by Crippen LogP contribution is -2.01. The van der Waals surface area contributed by atoms with Crippen molar-refractivity contribution < 1.29 is 4.74 Å². The summed E-state index contributed by atoms with van der Waals surface area (Å²) in [6.07, 6.45) is 2.36. The number of alkyl halides is 1. The maximum absolute atomic E-state index is 5.80. The summed E-state index contributed by atoms with van der Waals surface area (Å²) in [6.45, 7) is 7.42. The van der Waals surface area contributed by atoms with E-state index < -0.39 is 0 Å². The summed E-state index contributed by atoms with van der Waals surface area (Å²) in [7, 11) is 0. The van der Waals surface area contributed by atoms with Crippen molar-refractivity contribution in [3.8, 4) is 5.75 Å². The normalized spacial score (nSPS) is 10.8. The fourth-order valence-electron chi connectivity index (χ4n) is 1.63. The van der Waals surface area contributed by atoms with Crippen molar-refractivity contribution in [1.82, 2.24) is 0 Å². The van der Waals surface area contributed by atoms with E-state index in [1.165, 1.54) is 17.5 Å². The molecule has 2 heteroatoms. The fraction of sp³-hybridized carbons (Fsp3) is 0.571. The van der Waals surface area contributed by atoms with Crippen LogP contribution in [0, 0.1) is 12.8 Å². The summed E-state index contributed by atoms with van der Waals surface area (Å²) in [6, 6.07) is 6.35. The van der Waals surface area contributed by atoms with Crippen molar-refractivity contribution in [1.29, 1.82) is 0 Å². The largest absolute Gasteiger partial charge is 0.493 e. The maximum atomic E-state index is 5.80. The zero-order valence-electron chi connectivity index (χ0n) is 10.4. The molecule has 1 aromatic carbocycles. The maximum Gasteiger partial charge on any atom is 0.123 e. The van der Waals surface area contributed by atoms with Crippen LogP contribution in [0.2, 0.25) is 0 Å². The molecule has 1 nitrogen and oxygen atoms in total. The van der Waals surface area contributed by atoms with Crippen molar-refractivity contribution >= 4 is 15.9 Å². The first-order valence-electron chi connectivity index (χ1n) is 5.91. The monoisotopic (exact) mass is 284 g/mol. The Balaban J connectivity index is 2.47. The standard InChI is InChI=1S/C14H21BrO/c1-11(2)5-4-8-16-14-7-6-12(3)9-13(14)10-15/h6-7,9,11H,4-5,8,10H2,1-3H3. The van der Waals surface area contributed by atoms with Crippen LogP contribution in [-0.4, -0.2) is 6.61 Å². The van der Waals surface area contributed by atoms with Crippen LogP contribution in [0.5, 0.6) is 5.75 Å². The highest BCUT2D eigenvalue weighted by molar-refractivity contribution is 9.08. The molecule has 0 fully saturated rings. The summed E-state index contributed by atoms with van der Waals surface area (Å²) in [5.74, 6) is 1.78. The van der Waals surface area contributed by atoms with Gasteiger partial charge in [0.15, 0.2) is 0 Å². The van der Waals surface area contributed by atoms with Gasteiger partial charge in [-0.05, 0) is 31.7 Å². The third-order valence-electron chi connectivity index (χ3n) is 2.54. The highest BCUT2D eigenvalue weighted by atomic mass is 79.9. The number of hydrogen-bond donors (Lipinski definition) is 0. The van der Waals surface area contributed by atoms with E-state index in [-0.39, 0.29) is 0 Å². The Hall–Kier alpha value is -0.500. The van der Waals surface area contributed by atoms with E-state index in [0.29, 0.717) is 0 Å². The summed E-state index contributed by atoms with van der Waals surface area (Å²) < 4.78 is 5.80. The first-order valence-corrected chi connectivity index (χ1v) is 7.04. The van der Waals surface area contributed by atoms with Crippen LogP contribution in [0.25, 0.3) is 0 Å². The van der Waals surface area contributed by atoms with Gasteiger partial charge in [-0.25, -0.2) is 0 Å². The van der Waals surface area contributed by atoms with Crippen molar-refractivity contribution in [2.45, 2.75) is 38.9 Å². The molecule has 0 unspecified atom stereocenters. The molecule has 0 aromatic heterocycles. The van der Waals surface area contributed by atoms with E-state index in [9.17, 15) is 0 Å². The van der Waals surface area contributed by atoms with Crippen molar-refractivity contribution in [3.63, 3.8) is 0 Å². The van der Waals surface area contributed by atoms with Crippen molar-refractivity contribution in [2.75, 3.05) is 6.61 Å². The van der Waals surface area contributed by atoms with Gasteiger partial charge in [-0.2, -0.15) is 0 Å². The van der Waals surface area contributed by atoms with Crippen LogP contribution in [0.4, 0.5) is 0 Å². The lowest BCUT2D eigenvalue weighted by atomic mass is 10.1. The number of hydrogen-bond acceptors (Lipinski definition) is 1. The van der Waals surface area contributed by atoms with Gasteiger partial charge < -0.3 is 4.74 Å². The van der Waals surface area contributed by atoms with E-state index in [4.69, 9.17) is 4.74 Å². The smallest absolute Gasteiger partial charge is 0.123 e. The van der Waals surface area contributed by atoms with Crippen LogP contribution in [0.3, 0.4) is 0 Å². The lowest BCUT2D eigenvalue weighted by Gasteiger charge is -2.11. The topological polar surface area (TPSA) is 9.23 Å². The lowest BCUT2D eigenvalue weighted by molar-refractivity contribution is 0.296. The van der Waals surface area contributed by atoms with Gasteiger partial charge in [-0.1, -0.05) is 47.5 Å². The minimum absolute atomic E-state index is 0.761. The third kappa shape index (κ3) is 4.56. The van der Waals surface area contributed by atoms with E-state index in [2.05, 4.69) is 54.9 Å². The van der Waals surface area contributed by atoms with Crippen molar-refractivity contribution in [3.05, 3.63) is 29.3 Å². The summed E-state index contributed by atoms with van der Waals surface area (Å²) in [5.41, 5.74) is 2.52. The average Bonchev–Trinajstić information content (AvgIpc) is 2.25. The quantitative estimate of drug-likeness (QED) is 0.543. The van der Waals surface area contributed by atoms with Gasteiger partial charge in [0.25, 0.3) is 0 Å². The van der Waals surface area contributed by atoms with Crippen LogP contribution in [0.1, 0.15) is 37.8 Å². The van der Waals surface area contributed by atoms with E-state index in [1.807, 2.05) is 0 Å². The van der Waals surface area contributed by atoms with Gasteiger partial charge in [0.1, 0.15) is 5.75 Å². The highest BCUT2D eigenvalue weighted by Crippen LogP contribution is 2.22. The second-order valence-corrected chi connectivity index (χ2v) is 5.19. The molecule has 0 spiro atoms. The molecule has 90 valence electrons. The van der Waals surface area contributed by atoms with Gasteiger partial charge in [0, 0.05) is 10.9 Å². The van der Waals surface area contributed by atoms with Crippen molar-refractivity contribution in [2.24, 2.45) is 5.92 Å². The Labute approximate surface area is 107 Å². The van der Waals surface area contributed by atoms with Gasteiger partial charge in [0.05, 0.1) is 6.61 Å². The predicted molar refractivity (Wildman–Crippen MR) is 73.4 cm³/mol. The Bertz CT molecular complexity index is 321. The minimum Gasteiger partial charge on any atom is -0.493 e. The SMILES string of the molecule is Cc1ccc(OCCCC(C)C)c(CBr)c1. The second-order valence-electron chi connectivity index (χ2n) is 4.63. The first kappa shape index (κ1) is 13.6. The van der Waals surface area contributed by atoms with Gasteiger partial charge in [-0.15, -0.1) is 0 Å². The molecule has 1 rings (SSSR count). The molecule has 0 amide bonds. The molecule has 1 aromatic rings. The van der Waals surface area contributed by atoms with Crippen LogP contribution in [0.15, 0.2) is 18.2 Å². The molecule has 0 N–H and O–H groups in total. The molecular formula is C14H21BrO. The van der Waals surface area contributed by atoms with Crippen LogP contribution in [-0.2, 0) is 5.33 Å². The Morgan fingerprint density at radius 3 is 2.69 bits per heavy atom. The number of benzene rings is 1. The zero-order chi connectivity index (χ0) is 12.0. The molecule has 0 atom stereocenters. The van der Waals surface area contributed by atoms with E-state index >= 15 is 0 Å². The second kappa shape index (κ2) is 6.95. The average molecular weight is 285 g/mol. The third-order valence-corrected chi connectivity index (χ3v) is 3.15. The molecule has 0 heterocycles. The van der Waals surface area contributed by atoms with Gasteiger partial charge in [-0.3, -0.25) is 0 Å². The molecule has 16 heavy (non-hydrogen) atoms. The number of aryl methyl sites for hydroxylation is 1. The fourth-order valence-corrected chi connectivity index (χ4v) is 2.07. The zero-order valence-corrected chi connectivity index (χ0v) is 12.0. The number of rotatable bonds is 6. The molecule has 0 saturated heterocycles. The molecule has 0 aliphatic rings. The number of ether oxygens (including phenoxy) is 1. The molecule has 0 aliphatic heterocycles. The Morgan fingerprint density at radius 1 is 1.31 bits per heavy atom.